The van der Waals surface area contributed by atoms with Crippen molar-refractivity contribution in [2.45, 2.75) is 12.3 Å². The quantitative estimate of drug-likeness (QED) is 0.828. The summed E-state index contributed by atoms with van der Waals surface area (Å²) >= 11 is 0. The van der Waals surface area contributed by atoms with Gasteiger partial charge < -0.3 is 14.5 Å². The maximum absolute atomic E-state index is 13.0. The molecule has 1 fully saturated rings. The van der Waals surface area contributed by atoms with Crippen LogP contribution in [-0.4, -0.2) is 55.7 Å². The Morgan fingerprint density at radius 2 is 2.19 bits per heavy atom. The molecule has 5 nitrogen and oxygen atoms in total. The van der Waals surface area contributed by atoms with Crippen molar-refractivity contribution in [3.63, 3.8) is 0 Å². The SMILES string of the molecule is CN(C)C(=O)C1CN(c2ncccc2C(F)(F)F)CCO1. The number of carbonyl (C=O) groups is 1. The first-order chi connectivity index (χ1) is 9.80. The fourth-order valence-electron chi connectivity index (χ4n) is 2.15. The lowest BCUT2D eigenvalue weighted by atomic mass is 10.2. The van der Waals surface area contributed by atoms with E-state index in [0.29, 0.717) is 0 Å². The molecule has 0 aliphatic carbocycles. The molecule has 1 aliphatic heterocycles. The van der Waals surface area contributed by atoms with Gasteiger partial charge in [0, 0.05) is 26.8 Å². The highest BCUT2D eigenvalue weighted by Crippen LogP contribution is 2.35. The first-order valence-electron chi connectivity index (χ1n) is 6.40. The van der Waals surface area contributed by atoms with Crippen molar-refractivity contribution in [1.82, 2.24) is 9.88 Å². The van der Waals surface area contributed by atoms with E-state index < -0.39 is 17.8 Å². The number of anilines is 1. The third-order valence-electron chi connectivity index (χ3n) is 3.17. The molecular formula is C13H16F3N3O2. The molecule has 1 atom stereocenters. The molecule has 0 N–H and O–H groups in total. The second-order valence-corrected chi connectivity index (χ2v) is 4.91. The number of likely N-dealkylation sites (N-methyl/N-ethyl adjacent to an activating group) is 1. The highest BCUT2D eigenvalue weighted by Gasteiger charge is 2.37. The molecule has 21 heavy (non-hydrogen) atoms. The predicted octanol–water partition coefficient (Wildman–Crippen LogP) is 1.39. The third kappa shape index (κ3) is 3.44. The van der Waals surface area contributed by atoms with Crippen molar-refractivity contribution >= 4 is 11.7 Å². The van der Waals surface area contributed by atoms with E-state index >= 15 is 0 Å². The number of hydrogen-bond donors (Lipinski definition) is 0. The van der Waals surface area contributed by atoms with E-state index in [1.54, 1.807) is 14.1 Å². The molecule has 0 bridgehead atoms. The van der Waals surface area contributed by atoms with E-state index in [1.807, 2.05) is 0 Å². The van der Waals surface area contributed by atoms with Crippen LogP contribution in [0.25, 0.3) is 0 Å². The standard InChI is InChI=1S/C13H16F3N3O2/c1-18(2)12(20)10-8-19(6-7-21-10)11-9(13(14,15)16)4-3-5-17-11/h3-5,10H,6-8H2,1-2H3. The predicted molar refractivity (Wildman–Crippen MR) is 69.9 cm³/mol. The molecule has 1 aromatic heterocycles. The largest absolute Gasteiger partial charge is 0.419 e. The summed E-state index contributed by atoms with van der Waals surface area (Å²) in [5, 5.41) is 0. The normalized spacial score (nSPS) is 19.5. The number of morpholine rings is 1. The number of nitrogens with zero attached hydrogens (tertiary/aromatic N) is 3. The number of carbonyl (C=O) groups excluding carboxylic acids is 1. The first-order valence-corrected chi connectivity index (χ1v) is 6.40. The number of halogens is 3. The lowest BCUT2D eigenvalue weighted by molar-refractivity contribution is -0.141. The van der Waals surface area contributed by atoms with Crippen molar-refractivity contribution < 1.29 is 22.7 Å². The number of alkyl halides is 3. The molecule has 0 radical (unpaired) electrons. The summed E-state index contributed by atoms with van der Waals surface area (Å²) in [5.74, 6) is -0.436. The average molecular weight is 303 g/mol. The Kier molecular flexibility index (Phi) is 4.36. The smallest absolute Gasteiger partial charge is 0.365 e. The lowest BCUT2D eigenvalue weighted by Gasteiger charge is -2.35. The minimum Gasteiger partial charge on any atom is -0.365 e. The van der Waals surface area contributed by atoms with Crippen LogP contribution in [0.1, 0.15) is 5.56 Å². The molecule has 0 spiro atoms. The average Bonchev–Trinajstić information content (AvgIpc) is 2.45. The van der Waals surface area contributed by atoms with Gasteiger partial charge in [0.25, 0.3) is 5.91 Å². The Hall–Kier alpha value is -1.83. The molecule has 0 saturated carbocycles. The summed E-state index contributed by atoms with van der Waals surface area (Å²) in [6.07, 6.45) is -3.96. The van der Waals surface area contributed by atoms with Crippen molar-refractivity contribution in [1.29, 1.82) is 0 Å². The van der Waals surface area contributed by atoms with Crippen molar-refractivity contribution in [3.8, 4) is 0 Å². The van der Waals surface area contributed by atoms with Crippen LogP contribution in [0, 0.1) is 0 Å². The summed E-state index contributed by atoms with van der Waals surface area (Å²) in [7, 11) is 3.15. The highest BCUT2D eigenvalue weighted by atomic mass is 19.4. The molecule has 0 aromatic carbocycles. The molecule has 2 rings (SSSR count). The highest BCUT2D eigenvalue weighted by molar-refractivity contribution is 5.81. The van der Waals surface area contributed by atoms with Crippen LogP contribution in [0.2, 0.25) is 0 Å². The van der Waals surface area contributed by atoms with Gasteiger partial charge in [0.05, 0.1) is 18.7 Å². The second-order valence-electron chi connectivity index (χ2n) is 4.91. The molecule has 116 valence electrons. The molecule has 1 unspecified atom stereocenters. The number of hydrogen-bond acceptors (Lipinski definition) is 4. The monoisotopic (exact) mass is 303 g/mol. The van der Waals surface area contributed by atoms with Crippen LogP contribution in [0.4, 0.5) is 19.0 Å². The van der Waals surface area contributed by atoms with Gasteiger partial charge in [-0.1, -0.05) is 0 Å². The van der Waals surface area contributed by atoms with Crippen LogP contribution in [-0.2, 0) is 15.7 Å². The zero-order chi connectivity index (χ0) is 15.6. The summed E-state index contributed by atoms with van der Waals surface area (Å²) in [6.45, 7) is 0.493. The van der Waals surface area contributed by atoms with Crippen molar-refractivity contribution in [2.75, 3.05) is 38.7 Å². The van der Waals surface area contributed by atoms with Gasteiger partial charge in [-0.15, -0.1) is 0 Å². The van der Waals surface area contributed by atoms with Gasteiger partial charge in [-0.3, -0.25) is 4.79 Å². The van der Waals surface area contributed by atoms with Gasteiger partial charge in [-0.2, -0.15) is 13.2 Å². The molecule has 8 heteroatoms. The number of pyridine rings is 1. The van der Waals surface area contributed by atoms with Crippen LogP contribution in [0.15, 0.2) is 18.3 Å². The van der Waals surface area contributed by atoms with E-state index in [2.05, 4.69) is 4.98 Å². The van der Waals surface area contributed by atoms with E-state index in [9.17, 15) is 18.0 Å². The maximum Gasteiger partial charge on any atom is 0.419 e. The summed E-state index contributed by atoms with van der Waals surface area (Å²) in [4.78, 5) is 18.5. The van der Waals surface area contributed by atoms with Gasteiger partial charge in [-0.25, -0.2) is 4.98 Å². The van der Waals surface area contributed by atoms with Gasteiger partial charge in [0.1, 0.15) is 5.82 Å². The number of rotatable bonds is 2. The molecule has 1 aromatic rings. The Balaban J connectivity index is 2.25. The fourth-order valence-corrected chi connectivity index (χ4v) is 2.15. The van der Waals surface area contributed by atoms with E-state index in [-0.39, 0.29) is 31.4 Å². The number of ether oxygens (including phenoxy) is 1. The van der Waals surface area contributed by atoms with Crippen LogP contribution in [0.3, 0.4) is 0 Å². The zero-order valence-electron chi connectivity index (χ0n) is 11.7. The zero-order valence-corrected chi connectivity index (χ0v) is 11.7. The molecule has 1 aliphatic rings. The van der Waals surface area contributed by atoms with Gasteiger partial charge in [0.15, 0.2) is 6.10 Å². The Morgan fingerprint density at radius 1 is 1.48 bits per heavy atom. The summed E-state index contributed by atoms with van der Waals surface area (Å²) in [6, 6.07) is 2.23. The number of amides is 1. The summed E-state index contributed by atoms with van der Waals surface area (Å²) < 4.78 is 44.4. The second kappa shape index (κ2) is 5.88. The van der Waals surface area contributed by atoms with E-state index in [4.69, 9.17) is 4.74 Å². The Bertz CT molecular complexity index is 520. The van der Waals surface area contributed by atoms with Gasteiger partial charge in [0.2, 0.25) is 0 Å². The van der Waals surface area contributed by atoms with Crippen LogP contribution < -0.4 is 4.90 Å². The molecular weight excluding hydrogens is 287 g/mol. The van der Waals surface area contributed by atoms with Gasteiger partial charge >= 0.3 is 6.18 Å². The minimum atomic E-state index is -4.48. The molecule has 2 heterocycles. The Labute approximate surface area is 120 Å². The van der Waals surface area contributed by atoms with Gasteiger partial charge in [-0.05, 0) is 12.1 Å². The Morgan fingerprint density at radius 3 is 2.81 bits per heavy atom. The van der Waals surface area contributed by atoms with E-state index in [0.717, 1.165) is 6.07 Å². The van der Waals surface area contributed by atoms with Crippen molar-refractivity contribution in [2.24, 2.45) is 0 Å². The topological polar surface area (TPSA) is 45.7 Å². The van der Waals surface area contributed by atoms with Crippen LogP contribution in [0.5, 0.6) is 0 Å². The fraction of sp³-hybridized carbons (Fsp3) is 0.538. The third-order valence-corrected chi connectivity index (χ3v) is 3.17. The summed E-state index contributed by atoms with van der Waals surface area (Å²) in [5.41, 5.74) is -0.803. The molecule has 1 saturated heterocycles. The lowest BCUT2D eigenvalue weighted by Crippen LogP contribution is -2.50. The van der Waals surface area contributed by atoms with E-state index in [1.165, 1.54) is 22.1 Å². The minimum absolute atomic E-state index is 0.0527. The van der Waals surface area contributed by atoms with Crippen LogP contribution >= 0.6 is 0 Å². The first kappa shape index (κ1) is 15.6. The van der Waals surface area contributed by atoms with Crippen molar-refractivity contribution in [3.05, 3.63) is 23.9 Å². The maximum atomic E-state index is 13.0. The molecule has 1 amide bonds. The number of aromatic nitrogens is 1.